The number of aryl methyl sites for hydroxylation is 2. The van der Waals surface area contributed by atoms with Crippen molar-refractivity contribution in [2.45, 2.75) is 27.3 Å². The summed E-state index contributed by atoms with van der Waals surface area (Å²) >= 11 is 0. The Hall–Kier alpha value is -2.25. The van der Waals surface area contributed by atoms with Crippen LogP contribution in [0.4, 0.5) is 5.69 Å². The van der Waals surface area contributed by atoms with Crippen molar-refractivity contribution in [3.05, 3.63) is 58.4 Å². The zero-order valence-electron chi connectivity index (χ0n) is 12.4. The van der Waals surface area contributed by atoms with Gasteiger partial charge in [-0.05, 0) is 60.3 Å². The van der Waals surface area contributed by atoms with Crippen LogP contribution in [0.25, 0.3) is 4.85 Å². The van der Waals surface area contributed by atoms with Gasteiger partial charge in [-0.1, -0.05) is 12.9 Å². The highest BCUT2D eigenvalue weighted by Crippen LogP contribution is 2.32. The summed E-state index contributed by atoms with van der Waals surface area (Å²) < 4.78 is 11.6. The van der Waals surface area contributed by atoms with Crippen molar-refractivity contribution in [2.75, 3.05) is 0 Å². The third kappa shape index (κ3) is 2.53. The van der Waals surface area contributed by atoms with E-state index in [0.717, 1.165) is 22.6 Å². The van der Waals surface area contributed by atoms with Crippen LogP contribution < -0.4 is 10.2 Å². The minimum absolute atomic E-state index is 0.163. The smallest absolute Gasteiger partial charge is 0.324 e. The number of hydrogen-bond donors (Lipinski definition) is 0. The standard InChI is InChI=1S/C17H16BNO2/c1-11-8-17(12(2)7-16(11)19-4)21-14-5-6-15-13(9-14)10-20-18(15)3/h5-9H,10H2,1-3H3. The van der Waals surface area contributed by atoms with Crippen LogP contribution in [-0.4, -0.2) is 6.92 Å². The van der Waals surface area contributed by atoms with Crippen LogP contribution in [0.5, 0.6) is 11.5 Å². The zero-order chi connectivity index (χ0) is 15.0. The molecule has 3 rings (SSSR count). The van der Waals surface area contributed by atoms with Gasteiger partial charge in [0.2, 0.25) is 0 Å². The largest absolute Gasteiger partial charge is 0.457 e. The van der Waals surface area contributed by atoms with E-state index in [1.54, 1.807) is 0 Å². The van der Waals surface area contributed by atoms with E-state index in [4.69, 9.17) is 16.0 Å². The number of hydrogen-bond acceptors (Lipinski definition) is 2. The summed E-state index contributed by atoms with van der Waals surface area (Å²) in [6.07, 6.45) is 0. The topological polar surface area (TPSA) is 22.8 Å². The highest BCUT2D eigenvalue weighted by Gasteiger charge is 2.23. The maximum absolute atomic E-state index is 7.15. The molecule has 3 nitrogen and oxygen atoms in total. The molecule has 4 heteroatoms. The van der Waals surface area contributed by atoms with Gasteiger partial charge in [0, 0.05) is 0 Å². The second kappa shape index (κ2) is 5.27. The van der Waals surface area contributed by atoms with Crippen LogP contribution in [0.2, 0.25) is 6.82 Å². The first-order valence-electron chi connectivity index (χ1n) is 6.99. The fourth-order valence-electron chi connectivity index (χ4n) is 2.60. The SMILES string of the molecule is [C-]#[N+]c1cc(C)c(Oc2ccc3c(c2)COB3C)cc1C. The number of fused-ring (bicyclic) bond motifs is 1. The zero-order valence-corrected chi connectivity index (χ0v) is 12.4. The Morgan fingerprint density at radius 1 is 1.19 bits per heavy atom. The van der Waals surface area contributed by atoms with Crippen LogP contribution in [0, 0.1) is 20.4 Å². The molecule has 0 amide bonds. The lowest BCUT2D eigenvalue weighted by atomic mass is 9.64. The predicted molar refractivity (Wildman–Crippen MR) is 84.7 cm³/mol. The van der Waals surface area contributed by atoms with Crippen molar-refractivity contribution < 1.29 is 9.39 Å². The molecular formula is C17H16BNO2. The molecule has 2 aromatic rings. The van der Waals surface area contributed by atoms with Crippen molar-refractivity contribution in [3.63, 3.8) is 0 Å². The predicted octanol–water partition coefficient (Wildman–Crippen LogP) is 4.01. The van der Waals surface area contributed by atoms with Crippen molar-refractivity contribution in [2.24, 2.45) is 0 Å². The van der Waals surface area contributed by atoms with E-state index in [2.05, 4.69) is 17.7 Å². The Morgan fingerprint density at radius 2 is 2.00 bits per heavy atom. The summed E-state index contributed by atoms with van der Waals surface area (Å²) in [6, 6.07) is 9.88. The summed E-state index contributed by atoms with van der Waals surface area (Å²) in [5.74, 6) is 1.61. The van der Waals surface area contributed by atoms with Crippen LogP contribution >= 0.6 is 0 Å². The maximum atomic E-state index is 7.15. The second-order valence-electron chi connectivity index (χ2n) is 5.43. The molecule has 0 saturated heterocycles. The van der Waals surface area contributed by atoms with Gasteiger partial charge < -0.3 is 9.39 Å². The van der Waals surface area contributed by atoms with Gasteiger partial charge in [0.25, 0.3) is 0 Å². The van der Waals surface area contributed by atoms with Gasteiger partial charge in [0.15, 0.2) is 5.69 Å². The van der Waals surface area contributed by atoms with Gasteiger partial charge in [-0.25, -0.2) is 4.85 Å². The van der Waals surface area contributed by atoms with Crippen molar-refractivity contribution in [1.82, 2.24) is 0 Å². The maximum Gasteiger partial charge on any atom is 0.324 e. The summed E-state index contributed by atoms with van der Waals surface area (Å²) in [5, 5.41) is 0. The molecule has 104 valence electrons. The summed E-state index contributed by atoms with van der Waals surface area (Å²) in [6.45, 7) is 13.9. The monoisotopic (exact) mass is 277 g/mol. The minimum atomic E-state index is 0.163. The average Bonchev–Trinajstić information content (AvgIpc) is 2.83. The molecule has 0 spiro atoms. The first kappa shape index (κ1) is 13.7. The second-order valence-corrected chi connectivity index (χ2v) is 5.43. The molecule has 0 radical (unpaired) electrons. The molecule has 0 aliphatic carbocycles. The molecule has 1 aliphatic heterocycles. The van der Waals surface area contributed by atoms with E-state index in [9.17, 15) is 0 Å². The minimum Gasteiger partial charge on any atom is -0.457 e. The van der Waals surface area contributed by atoms with Crippen LogP contribution in [0.1, 0.15) is 16.7 Å². The lowest BCUT2D eigenvalue weighted by Gasteiger charge is -2.12. The molecule has 1 aliphatic rings. The van der Waals surface area contributed by atoms with Gasteiger partial charge in [-0.15, -0.1) is 0 Å². The Kier molecular flexibility index (Phi) is 3.44. The van der Waals surface area contributed by atoms with Crippen LogP contribution in [-0.2, 0) is 11.3 Å². The molecule has 2 aromatic carbocycles. The number of nitrogens with zero attached hydrogens (tertiary/aromatic N) is 1. The van der Waals surface area contributed by atoms with E-state index in [1.165, 1.54) is 11.0 Å². The van der Waals surface area contributed by atoms with Crippen molar-refractivity contribution >= 4 is 18.1 Å². The summed E-state index contributed by atoms with van der Waals surface area (Å²) in [7, 11) is 0. The molecule has 0 saturated carbocycles. The molecular weight excluding hydrogens is 261 g/mol. The molecule has 0 aromatic heterocycles. The molecule has 21 heavy (non-hydrogen) atoms. The van der Waals surface area contributed by atoms with Gasteiger partial charge >= 0.3 is 6.92 Å². The quantitative estimate of drug-likeness (QED) is 0.611. The third-order valence-corrected chi connectivity index (χ3v) is 3.88. The average molecular weight is 277 g/mol. The van der Waals surface area contributed by atoms with Crippen LogP contribution in [0.3, 0.4) is 0 Å². The van der Waals surface area contributed by atoms with E-state index in [1.807, 2.05) is 38.1 Å². The Morgan fingerprint density at radius 3 is 2.76 bits per heavy atom. The van der Waals surface area contributed by atoms with E-state index in [0.29, 0.717) is 12.3 Å². The molecule has 0 bridgehead atoms. The normalized spacial score (nSPS) is 13.0. The highest BCUT2D eigenvalue weighted by molar-refractivity contribution is 6.67. The van der Waals surface area contributed by atoms with Crippen molar-refractivity contribution in [3.8, 4) is 11.5 Å². The van der Waals surface area contributed by atoms with E-state index < -0.39 is 0 Å². The molecule has 1 heterocycles. The lowest BCUT2D eigenvalue weighted by Crippen LogP contribution is -2.23. The van der Waals surface area contributed by atoms with Crippen molar-refractivity contribution in [1.29, 1.82) is 0 Å². The fraction of sp³-hybridized carbons (Fsp3) is 0.235. The van der Waals surface area contributed by atoms with Gasteiger partial charge in [0.05, 0.1) is 13.2 Å². The Labute approximate surface area is 125 Å². The van der Waals surface area contributed by atoms with E-state index >= 15 is 0 Å². The number of benzene rings is 2. The first-order chi connectivity index (χ1) is 10.1. The fourth-order valence-corrected chi connectivity index (χ4v) is 2.60. The first-order valence-corrected chi connectivity index (χ1v) is 6.99. The lowest BCUT2D eigenvalue weighted by molar-refractivity contribution is 0.333. The number of rotatable bonds is 2. The Balaban J connectivity index is 1.91. The molecule has 0 N–H and O–H groups in total. The van der Waals surface area contributed by atoms with Gasteiger partial charge in [-0.3, -0.25) is 0 Å². The van der Waals surface area contributed by atoms with Crippen LogP contribution in [0.15, 0.2) is 30.3 Å². The summed E-state index contributed by atoms with van der Waals surface area (Å²) in [5.41, 5.74) is 5.00. The molecule has 0 atom stereocenters. The van der Waals surface area contributed by atoms with E-state index in [-0.39, 0.29) is 6.92 Å². The third-order valence-electron chi connectivity index (χ3n) is 3.88. The van der Waals surface area contributed by atoms with Gasteiger partial charge in [0.1, 0.15) is 11.5 Å². The van der Waals surface area contributed by atoms with Gasteiger partial charge in [-0.2, -0.15) is 0 Å². The summed E-state index contributed by atoms with van der Waals surface area (Å²) in [4.78, 5) is 3.51. The highest BCUT2D eigenvalue weighted by atomic mass is 16.5. The Bertz CT molecular complexity index is 749. The molecule has 0 unspecified atom stereocenters. The molecule has 0 fully saturated rings. The number of ether oxygens (including phenoxy) is 1.